The summed E-state index contributed by atoms with van der Waals surface area (Å²) in [6.07, 6.45) is 3.85. The number of H-pyrrole nitrogens is 1. The van der Waals surface area contributed by atoms with Crippen molar-refractivity contribution in [3.05, 3.63) is 58.5 Å². The monoisotopic (exact) mass is 367 g/mol. The predicted octanol–water partition coefficient (Wildman–Crippen LogP) is 0.604. The molecule has 3 rings (SSSR count). The average molecular weight is 367 g/mol. The lowest BCUT2D eigenvalue weighted by Crippen LogP contribution is -2.26. The van der Waals surface area contributed by atoms with Crippen LogP contribution < -0.4 is 15.9 Å². The van der Waals surface area contributed by atoms with Gasteiger partial charge in [-0.3, -0.25) is 14.3 Å². The van der Waals surface area contributed by atoms with Gasteiger partial charge in [0.15, 0.2) is 0 Å². The zero-order valence-corrected chi connectivity index (χ0v) is 15.4. The Hall–Kier alpha value is -3.49. The van der Waals surface area contributed by atoms with Gasteiger partial charge in [0.05, 0.1) is 18.1 Å². The molecule has 0 aliphatic heterocycles. The van der Waals surface area contributed by atoms with Gasteiger partial charge in [0, 0.05) is 45.2 Å². The van der Waals surface area contributed by atoms with Crippen LogP contribution in [0.15, 0.2) is 41.5 Å². The molecule has 0 unspecified atom stereocenters. The van der Waals surface area contributed by atoms with Crippen LogP contribution in [0.3, 0.4) is 0 Å². The van der Waals surface area contributed by atoms with Gasteiger partial charge in [0.25, 0.3) is 5.91 Å². The molecule has 140 valence electrons. The Kier molecular flexibility index (Phi) is 5.30. The summed E-state index contributed by atoms with van der Waals surface area (Å²) in [4.78, 5) is 34.2. The SMILES string of the molecule is CN(C)c1cncc(-c2ccc(C(=O)NCCc3n[nH]c(=O)n3C)cc2)n1. The Morgan fingerprint density at radius 3 is 2.59 bits per heavy atom. The smallest absolute Gasteiger partial charge is 0.343 e. The van der Waals surface area contributed by atoms with E-state index in [1.807, 2.05) is 31.1 Å². The zero-order valence-electron chi connectivity index (χ0n) is 15.4. The number of amides is 1. The highest BCUT2D eigenvalue weighted by molar-refractivity contribution is 5.94. The first-order valence-corrected chi connectivity index (χ1v) is 8.44. The first-order valence-electron chi connectivity index (χ1n) is 8.44. The lowest BCUT2D eigenvalue weighted by molar-refractivity contribution is 0.0954. The number of aromatic amines is 1. The van der Waals surface area contributed by atoms with Gasteiger partial charge in [-0.05, 0) is 12.1 Å². The third kappa shape index (κ3) is 4.20. The Morgan fingerprint density at radius 1 is 1.22 bits per heavy atom. The average Bonchev–Trinajstić information content (AvgIpc) is 3.00. The van der Waals surface area contributed by atoms with Gasteiger partial charge in [-0.25, -0.2) is 14.9 Å². The highest BCUT2D eigenvalue weighted by Gasteiger charge is 2.09. The minimum atomic E-state index is -0.270. The fraction of sp³-hybridized carbons (Fsp3) is 0.278. The molecular formula is C18H21N7O2. The molecule has 2 heterocycles. The fourth-order valence-corrected chi connectivity index (χ4v) is 2.50. The van der Waals surface area contributed by atoms with E-state index in [9.17, 15) is 9.59 Å². The topological polar surface area (TPSA) is 109 Å². The first-order chi connectivity index (χ1) is 13.0. The fourth-order valence-electron chi connectivity index (χ4n) is 2.50. The van der Waals surface area contributed by atoms with Gasteiger partial charge >= 0.3 is 5.69 Å². The number of hydrogen-bond acceptors (Lipinski definition) is 6. The highest BCUT2D eigenvalue weighted by Crippen LogP contribution is 2.19. The zero-order chi connectivity index (χ0) is 19.4. The van der Waals surface area contributed by atoms with Crippen molar-refractivity contribution in [3.63, 3.8) is 0 Å². The Balaban J connectivity index is 1.62. The molecule has 0 aliphatic carbocycles. The van der Waals surface area contributed by atoms with Crippen molar-refractivity contribution in [2.75, 3.05) is 25.5 Å². The molecule has 0 saturated carbocycles. The number of hydrogen-bond donors (Lipinski definition) is 2. The number of nitrogens with zero attached hydrogens (tertiary/aromatic N) is 5. The summed E-state index contributed by atoms with van der Waals surface area (Å²) in [5.41, 5.74) is 1.90. The van der Waals surface area contributed by atoms with Crippen LogP contribution in [0.25, 0.3) is 11.3 Å². The van der Waals surface area contributed by atoms with Gasteiger partial charge < -0.3 is 10.2 Å². The summed E-state index contributed by atoms with van der Waals surface area (Å²) in [7, 11) is 5.44. The van der Waals surface area contributed by atoms with E-state index < -0.39 is 0 Å². The number of aromatic nitrogens is 5. The predicted molar refractivity (Wildman–Crippen MR) is 102 cm³/mol. The van der Waals surface area contributed by atoms with Crippen molar-refractivity contribution in [1.29, 1.82) is 0 Å². The van der Waals surface area contributed by atoms with Crippen LogP contribution in [0.4, 0.5) is 5.82 Å². The number of benzene rings is 1. The van der Waals surface area contributed by atoms with Crippen LogP contribution >= 0.6 is 0 Å². The standard InChI is InChI=1S/C18H21N7O2/c1-24(2)16-11-19-10-14(21-16)12-4-6-13(7-5-12)17(26)20-9-8-15-22-23-18(27)25(15)3/h4-7,10-11H,8-9H2,1-3H3,(H,20,26)(H,23,27). The summed E-state index contributed by atoms with van der Waals surface area (Å²) in [6, 6.07) is 7.18. The summed E-state index contributed by atoms with van der Waals surface area (Å²) < 4.78 is 1.42. The molecule has 3 aromatic rings. The first kappa shape index (κ1) is 18.3. The van der Waals surface area contributed by atoms with Gasteiger partial charge in [-0.15, -0.1) is 0 Å². The van der Waals surface area contributed by atoms with Crippen molar-refractivity contribution < 1.29 is 4.79 Å². The van der Waals surface area contributed by atoms with Crippen LogP contribution in [0, 0.1) is 0 Å². The maximum absolute atomic E-state index is 12.3. The molecule has 0 saturated heterocycles. The number of carbonyl (C=O) groups is 1. The Labute approximate surface area is 156 Å². The minimum absolute atomic E-state index is 0.185. The van der Waals surface area contributed by atoms with Crippen LogP contribution in [-0.4, -0.2) is 51.3 Å². The molecule has 0 spiro atoms. The molecule has 1 amide bonds. The Bertz CT molecular complexity index is 989. The van der Waals surface area contributed by atoms with E-state index in [1.165, 1.54) is 4.57 Å². The third-order valence-electron chi connectivity index (χ3n) is 4.13. The molecule has 2 N–H and O–H groups in total. The Morgan fingerprint density at radius 2 is 1.96 bits per heavy atom. The second kappa shape index (κ2) is 7.81. The molecule has 2 aromatic heterocycles. The van der Waals surface area contributed by atoms with Gasteiger partial charge in [0.2, 0.25) is 0 Å². The van der Waals surface area contributed by atoms with Crippen molar-refractivity contribution in [2.24, 2.45) is 7.05 Å². The van der Waals surface area contributed by atoms with Gasteiger partial charge in [-0.2, -0.15) is 5.10 Å². The third-order valence-corrected chi connectivity index (χ3v) is 4.13. The molecule has 1 aromatic carbocycles. The second-order valence-corrected chi connectivity index (χ2v) is 6.24. The van der Waals surface area contributed by atoms with Crippen molar-refractivity contribution >= 4 is 11.7 Å². The van der Waals surface area contributed by atoms with E-state index in [0.29, 0.717) is 24.4 Å². The van der Waals surface area contributed by atoms with Crippen molar-refractivity contribution in [3.8, 4) is 11.3 Å². The maximum Gasteiger partial charge on any atom is 0.343 e. The molecule has 9 heteroatoms. The number of rotatable bonds is 6. The molecule has 0 fully saturated rings. The van der Waals surface area contributed by atoms with Crippen LogP contribution in [0.1, 0.15) is 16.2 Å². The molecular weight excluding hydrogens is 346 g/mol. The lowest BCUT2D eigenvalue weighted by Gasteiger charge is -2.11. The molecule has 0 aliphatic rings. The molecule has 0 bridgehead atoms. The number of anilines is 1. The van der Waals surface area contributed by atoms with Crippen molar-refractivity contribution in [1.82, 2.24) is 30.0 Å². The highest BCUT2D eigenvalue weighted by atomic mass is 16.2. The molecule has 9 nitrogen and oxygen atoms in total. The summed E-state index contributed by atoms with van der Waals surface area (Å²) >= 11 is 0. The number of carbonyl (C=O) groups excluding carboxylic acids is 1. The van der Waals surface area contributed by atoms with Crippen LogP contribution in [0.5, 0.6) is 0 Å². The molecule has 27 heavy (non-hydrogen) atoms. The molecule has 0 radical (unpaired) electrons. The molecule has 0 atom stereocenters. The van der Waals surface area contributed by atoms with Gasteiger partial charge in [-0.1, -0.05) is 12.1 Å². The van der Waals surface area contributed by atoms with E-state index in [4.69, 9.17) is 0 Å². The lowest BCUT2D eigenvalue weighted by atomic mass is 10.1. The van der Waals surface area contributed by atoms with E-state index in [2.05, 4.69) is 25.5 Å². The summed E-state index contributed by atoms with van der Waals surface area (Å²) in [6.45, 7) is 0.384. The van der Waals surface area contributed by atoms with Crippen LogP contribution in [0.2, 0.25) is 0 Å². The quantitative estimate of drug-likeness (QED) is 0.661. The van der Waals surface area contributed by atoms with E-state index >= 15 is 0 Å². The van der Waals surface area contributed by atoms with E-state index in [-0.39, 0.29) is 11.6 Å². The summed E-state index contributed by atoms with van der Waals surface area (Å²) in [5, 5.41) is 9.10. The normalized spacial score (nSPS) is 10.6. The largest absolute Gasteiger partial charge is 0.361 e. The summed E-state index contributed by atoms with van der Waals surface area (Å²) in [5.74, 6) is 1.17. The minimum Gasteiger partial charge on any atom is -0.361 e. The van der Waals surface area contributed by atoms with Crippen LogP contribution in [-0.2, 0) is 13.5 Å². The van der Waals surface area contributed by atoms with E-state index in [0.717, 1.165) is 17.1 Å². The maximum atomic E-state index is 12.3. The van der Waals surface area contributed by atoms with Crippen molar-refractivity contribution in [2.45, 2.75) is 6.42 Å². The second-order valence-electron chi connectivity index (χ2n) is 6.24. The van der Waals surface area contributed by atoms with E-state index in [1.54, 1.807) is 31.6 Å². The number of nitrogens with one attached hydrogen (secondary N) is 2. The van der Waals surface area contributed by atoms with Gasteiger partial charge in [0.1, 0.15) is 11.6 Å².